The molecule has 2 rings (SSSR count). The number of carboxylic acids is 1. The first-order valence-electron chi connectivity index (χ1n) is 6.99. The number of rotatable bonds is 4. The van der Waals surface area contributed by atoms with Crippen LogP contribution < -0.4 is 0 Å². The second-order valence-electron chi connectivity index (χ2n) is 5.63. The summed E-state index contributed by atoms with van der Waals surface area (Å²) in [6.45, 7) is -0.142. The van der Waals surface area contributed by atoms with E-state index in [9.17, 15) is 18.3 Å². The van der Waals surface area contributed by atoms with Crippen LogP contribution in [0.3, 0.4) is 0 Å². The number of nitrogens with zero attached hydrogens (tertiary/aromatic N) is 2. The smallest absolute Gasteiger partial charge is 0.322 e. The zero-order valence-electron chi connectivity index (χ0n) is 11.6. The molecule has 0 amide bonds. The van der Waals surface area contributed by atoms with Crippen LogP contribution >= 0.6 is 0 Å². The van der Waals surface area contributed by atoms with Gasteiger partial charge >= 0.3 is 5.97 Å². The average Bonchev–Trinajstić information content (AvgIpc) is 2.82. The molecule has 2 aliphatic rings. The van der Waals surface area contributed by atoms with Gasteiger partial charge in [0.25, 0.3) is 10.2 Å². The lowest BCUT2D eigenvalue weighted by Gasteiger charge is -2.34. The molecule has 2 atom stereocenters. The summed E-state index contributed by atoms with van der Waals surface area (Å²) in [5.74, 6) is -1.21. The lowest BCUT2D eigenvalue weighted by atomic mass is 9.96. The maximum atomic E-state index is 12.6. The van der Waals surface area contributed by atoms with Gasteiger partial charge in [-0.1, -0.05) is 19.3 Å². The highest BCUT2D eigenvalue weighted by molar-refractivity contribution is 7.86. The molecule has 0 aromatic heterocycles. The fraction of sp³-hybridized carbons (Fsp3) is 0.917. The number of carbonyl (C=O) groups is 1. The van der Waals surface area contributed by atoms with Crippen LogP contribution in [0.2, 0.25) is 0 Å². The molecule has 2 unspecified atom stereocenters. The van der Waals surface area contributed by atoms with Crippen LogP contribution in [0, 0.1) is 0 Å². The Bertz CT molecular complexity index is 460. The lowest BCUT2D eigenvalue weighted by Crippen LogP contribution is -2.50. The number of aliphatic hydroxyl groups is 1. The number of hydrogen-bond acceptors (Lipinski definition) is 4. The van der Waals surface area contributed by atoms with E-state index < -0.39 is 28.3 Å². The van der Waals surface area contributed by atoms with Crippen LogP contribution in [-0.2, 0) is 15.0 Å². The van der Waals surface area contributed by atoms with Gasteiger partial charge in [-0.05, 0) is 12.8 Å². The Kier molecular flexibility index (Phi) is 4.68. The monoisotopic (exact) mass is 306 g/mol. The Labute approximate surface area is 119 Å². The summed E-state index contributed by atoms with van der Waals surface area (Å²) in [7, 11) is -2.33. The first kappa shape index (κ1) is 15.7. The molecule has 0 aromatic carbocycles. The van der Waals surface area contributed by atoms with Gasteiger partial charge in [-0.15, -0.1) is 0 Å². The summed E-state index contributed by atoms with van der Waals surface area (Å²) < 4.78 is 27.4. The topological polar surface area (TPSA) is 98.2 Å². The molecule has 1 saturated carbocycles. The van der Waals surface area contributed by atoms with Crippen LogP contribution in [0.4, 0.5) is 0 Å². The van der Waals surface area contributed by atoms with Crippen LogP contribution in [0.1, 0.15) is 38.5 Å². The van der Waals surface area contributed by atoms with E-state index in [4.69, 9.17) is 5.11 Å². The molecule has 1 aliphatic carbocycles. The van der Waals surface area contributed by atoms with Gasteiger partial charge < -0.3 is 10.2 Å². The molecule has 0 bridgehead atoms. The second kappa shape index (κ2) is 5.97. The van der Waals surface area contributed by atoms with Gasteiger partial charge in [-0.3, -0.25) is 4.79 Å². The van der Waals surface area contributed by atoms with E-state index in [-0.39, 0.29) is 19.0 Å². The summed E-state index contributed by atoms with van der Waals surface area (Å²) in [5, 5.41) is 18.7. The SMILES string of the molecule is CN(C1CCCCC1)S(=O)(=O)N1CC(O)CC1C(=O)O. The van der Waals surface area contributed by atoms with Gasteiger partial charge in [0.1, 0.15) is 6.04 Å². The van der Waals surface area contributed by atoms with E-state index in [1.807, 2.05) is 0 Å². The van der Waals surface area contributed by atoms with E-state index in [1.165, 1.54) is 11.4 Å². The minimum atomic E-state index is -3.84. The first-order chi connectivity index (χ1) is 9.34. The molecular formula is C12H22N2O5S. The number of aliphatic hydroxyl groups excluding tert-OH is 1. The minimum Gasteiger partial charge on any atom is -0.480 e. The molecule has 2 fully saturated rings. The largest absolute Gasteiger partial charge is 0.480 e. The normalized spacial score (nSPS) is 29.9. The first-order valence-corrected chi connectivity index (χ1v) is 8.39. The van der Waals surface area contributed by atoms with E-state index in [0.717, 1.165) is 36.4 Å². The van der Waals surface area contributed by atoms with Crippen LogP contribution in [-0.4, -0.2) is 65.0 Å². The summed E-state index contributed by atoms with van der Waals surface area (Å²) in [6.07, 6.45) is 3.77. The molecule has 0 spiro atoms. The Balaban J connectivity index is 2.17. The van der Waals surface area contributed by atoms with Crippen LogP contribution in [0.5, 0.6) is 0 Å². The number of aliphatic carboxylic acids is 1. The fourth-order valence-corrected chi connectivity index (χ4v) is 4.84. The van der Waals surface area contributed by atoms with Gasteiger partial charge in [0.05, 0.1) is 6.10 Å². The highest BCUT2D eigenvalue weighted by Gasteiger charge is 2.45. The third-order valence-electron chi connectivity index (χ3n) is 4.27. The quantitative estimate of drug-likeness (QED) is 0.763. The summed E-state index contributed by atoms with van der Waals surface area (Å²) in [5.41, 5.74) is 0. The Hall–Kier alpha value is -0.700. The molecule has 0 radical (unpaired) electrons. The van der Waals surface area contributed by atoms with Crippen LogP contribution in [0.15, 0.2) is 0 Å². The molecular weight excluding hydrogens is 284 g/mol. The zero-order valence-corrected chi connectivity index (χ0v) is 12.4. The van der Waals surface area contributed by atoms with Crippen LogP contribution in [0.25, 0.3) is 0 Å². The molecule has 2 N–H and O–H groups in total. The molecule has 116 valence electrons. The molecule has 7 nitrogen and oxygen atoms in total. The summed E-state index contributed by atoms with van der Waals surface area (Å²) >= 11 is 0. The van der Waals surface area contributed by atoms with Gasteiger partial charge in [-0.25, -0.2) is 0 Å². The Morgan fingerprint density at radius 1 is 1.25 bits per heavy atom. The molecule has 1 saturated heterocycles. The molecule has 20 heavy (non-hydrogen) atoms. The van der Waals surface area contributed by atoms with E-state index >= 15 is 0 Å². The van der Waals surface area contributed by atoms with E-state index in [2.05, 4.69) is 0 Å². The summed E-state index contributed by atoms with van der Waals surface area (Å²) in [6, 6.07) is -1.23. The van der Waals surface area contributed by atoms with Crippen molar-refractivity contribution in [2.75, 3.05) is 13.6 Å². The Morgan fingerprint density at radius 3 is 2.40 bits per heavy atom. The van der Waals surface area contributed by atoms with E-state index in [0.29, 0.717) is 0 Å². The average molecular weight is 306 g/mol. The van der Waals surface area contributed by atoms with Gasteiger partial charge in [-0.2, -0.15) is 17.0 Å². The fourth-order valence-electron chi connectivity index (χ4n) is 3.06. The minimum absolute atomic E-state index is 0.0485. The van der Waals surface area contributed by atoms with E-state index in [1.54, 1.807) is 0 Å². The van der Waals surface area contributed by atoms with Crippen molar-refractivity contribution in [3.8, 4) is 0 Å². The van der Waals surface area contributed by atoms with Gasteiger partial charge in [0.2, 0.25) is 0 Å². The van der Waals surface area contributed by atoms with Crippen molar-refractivity contribution < 1.29 is 23.4 Å². The molecule has 1 heterocycles. The van der Waals surface area contributed by atoms with Gasteiger partial charge in [0.15, 0.2) is 0 Å². The predicted molar refractivity (Wildman–Crippen MR) is 72.3 cm³/mol. The molecule has 8 heteroatoms. The number of carboxylic acid groups (broad SMARTS) is 1. The Morgan fingerprint density at radius 2 is 1.85 bits per heavy atom. The molecule has 0 aromatic rings. The standard InChI is InChI=1S/C12H22N2O5S/c1-13(9-5-3-2-4-6-9)20(18,19)14-8-10(15)7-11(14)12(16)17/h9-11,15H,2-8H2,1H3,(H,16,17). The predicted octanol–water partition coefficient (Wildman–Crippen LogP) is 0.0155. The van der Waals surface area contributed by atoms with Crippen molar-refractivity contribution in [3.05, 3.63) is 0 Å². The third-order valence-corrected chi connectivity index (χ3v) is 6.29. The third kappa shape index (κ3) is 2.98. The highest BCUT2D eigenvalue weighted by atomic mass is 32.2. The number of β-amino-alcohol motifs (C(OH)–C–C–N with tert-alkyl or cyclic N) is 1. The van der Waals surface area contributed by atoms with Crippen molar-refractivity contribution in [1.82, 2.24) is 8.61 Å². The maximum absolute atomic E-state index is 12.6. The van der Waals surface area contributed by atoms with Gasteiger partial charge in [0, 0.05) is 26.1 Å². The second-order valence-corrected chi connectivity index (χ2v) is 7.57. The van der Waals surface area contributed by atoms with Crippen molar-refractivity contribution in [1.29, 1.82) is 0 Å². The van der Waals surface area contributed by atoms with Crippen molar-refractivity contribution in [2.24, 2.45) is 0 Å². The van der Waals surface area contributed by atoms with Crippen molar-refractivity contribution in [2.45, 2.75) is 56.7 Å². The van der Waals surface area contributed by atoms with Crippen molar-refractivity contribution in [3.63, 3.8) is 0 Å². The maximum Gasteiger partial charge on any atom is 0.322 e. The highest BCUT2D eigenvalue weighted by Crippen LogP contribution is 2.28. The summed E-state index contributed by atoms with van der Waals surface area (Å²) in [4.78, 5) is 11.2. The lowest BCUT2D eigenvalue weighted by molar-refractivity contribution is -0.140. The zero-order chi connectivity index (χ0) is 14.9. The molecule has 1 aliphatic heterocycles. The number of hydrogen-bond donors (Lipinski definition) is 2. The van der Waals surface area contributed by atoms with Crippen molar-refractivity contribution >= 4 is 16.2 Å².